The maximum absolute atomic E-state index is 13.7. The van der Waals surface area contributed by atoms with E-state index in [2.05, 4.69) is 5.32 Å². The monoisotopic (exact) mass is 303 g/mol. The number of halogens is 1. The van der Waals surface area contributed by atoms with Crippen LogP contribution in [0.3, 0.4) is 0 Å². The maximum Gasteiger partial charge on any atom is 0.124 e. The molecule has 0 bridgehead atoms. The normalized spacial score (nSPS) is 14.2. The molecule has 0 heterocycles. The van der Waals surface area contributed by atoms with Gasteiger partial charge < -0.3 is 10.1 Å². The van der Waals surface area contributed by atoms with Gasteiger partial charge in [0, 0.05) is 22.4 Å². The van der Waals surface area contributed by atoms with Gasteiger partial charge in [0.2, 0.25) is 0 Å². The molecule has 0 amide bonds. The minimum atomic E-state index is -0.180. The van der Waals surface area contributed by atoms with Crippen LogP contribution in [-0.2, 0) is 6.54 Å². The number of hydrogen-bond donors (Lipinski definition) is 1. The van der Waals surface area contributed by atoms with Crippen molar-refractivity contribution >= 4 is 11.8 Å². The summed E-state index contributed by atoms with van der Waals surface area (Å²) < 4.78 is 18.9. The second-order valence-corrected chi connectivity index (χ2v) is 6.37. The maximum atomic E-state index is 13.7. The molecule has 1 aliphatic rings. The highest BCUT2D eigenvalue weighted by atomic mass is 32.2. The second-order valence-electron chi connectivity index (χ2n) is 5.23. The Kier molecular flexibility index (Phi) is 4.46. The third kappa shape index (κ3) is 4.22. The minimum absolute atomic E-state index is 0.180. The van der Waals surface area contributed by atoms with E-state index in [9.17, 15) is 4.39 Å². The first-order chi connectivity index (χ1) is 10.2. The van der Waals surface area contributed by atoms with Gasteiger partial charge in [-0.25, -0.2) is 4.39 Å². The third-order valence-corrected chi connectivity index (χ3v) is 4.38. The SMILES string of the molecule is COc1ccc(Sc2cc(F)cc(CNC3CC3)c2)cc1. The lowest BCUT2D eigenvalue weighted by Gasteiger charge is -2.08. The first-order valence-electron chi connectivity index (χ1n) is 7.08. The fraction of sp³-hybridized carbons (Fsp3) is 0.294. The Morgan fingerprint density at radius 1 is 1.14 bits per heavy atom. The van der Waals surface area contributed by atoms with Crippen molar-refractivity contribution < 1.29 is 9.13 Å². The molecule has 0 aliphatic heterocycles. The highest BCUT2D eigenvalue weighted by molar-refractivity contribution is 7.99. The first-order valence-corrected chi connectivity index (χ1v) is 7.89. The van der Waals surface area contributed by atoms with Crippen molar-refractivity contribution in [3.63, 3.8) is 0 Å². The topological polar surface area (TPSA) is 21.3 Å². The molecule has 1 saturated carbocycles. The van der Waals surface area contributed by atoms with Gasteiger partial charge in [-0.15, -0.1) is 0 Å². The molecule has 1 fully saturated rings. The molecule has 4 heteroatoms. The summed E-state index contributed by atoms with van der Waals surface area (Å²) >= 11 is 1.56. The summed E-state index contributed by atoms with van der Waals surface area (Å²) in [6, 6.07) is 13.7. The number of nitrogens with one attached hydrogen (secondary N) is 1. The first kappa shape index (κ1) is 14.4. The van der Waals surface area contributed by atoms with E-state index in [1.165, 1.54) is 12.8 Å². The zero-order valence-electron chi connectivity index (χ0n) is 11.9. The highest BCUT2D eigenvalue weighted by Crippen LogP contribution is 2.30. The molecule has 0 unspecified atom stereocenters. The molecular weight excluding hydrogens is 285 g/mol. The number of ether oxygens (including phenoxy) is 1. The van der Waals surface area contributed by atoms with Crippen LogP contribution in [0.1, 0.15) is 18.4 Å². The van der Waals surface area contributed by atoms with Gasteiger partial charge in [0.05, 0.1) is 7.11 Å². The average Bonchev–Trinajstić information content (AvgIpc) is 3.30. The second kappa shape index (κ2) is 6.50. The Hall–Kier alpha value is -1.52. The standard InChI is InChI=1S/C17H18FNOS/c1-20-15-4-6-16(7-5-15)21-17-9-12(8-13(18)10-17)11-19-14-2-3-14/h4-10,14,19H,2-3,11H2,1H3. The summed E-state index contributed by atoms with van der Waals surface area (Å²) in [6.07, 6.45) is 2.48. The van der Waals surface area contributed by atoms with Gasteiger partial charge in [-0.1, -0.05) is 11.8 Å². The lowest BCUT2D eigenvalue weighted by molar-refractivity contribution is 0.414. The zero-order chi connectivity index (χ0) is 14.7. The van der Waals surface area contributed by atoms with Gasteiger partial charge >= 0.3 is 0 Å². The van der Waals surface area contributed by atoms with Crippen molar-refractivity contribution in [2.75, 3.05) is 7.11 Å². The Labute approximate surface area is 128 Å². The molecule has 0 radical (unpaired) electrons. The van der Waals surface area contributed by atoms with Crippen LogP contribution in [0, 0.1) is 5.82 Å². The largest absolute Gasteiger partial charge is 0.497 e. The van der Waals surface area contributed by atoms with Crippen LogP contribution < -0.4 is 10.1 Å². The zero-order valence-corrected chi connectivity index (χ0v) is 12.8. The molecule has 21 heavy (non-hydrogen) atoms. The smallest absolute Gasteiger partial charge is 0.124 e. The summed E-state index contributed by atoms with van der Waals surface area (Å²) in [5.74, 6) is 0.647. The Balaban J connectivity index is 1.70. The number of benzene rings is 2. The summed E-state index contributed by atoms with van der Waals surface area (Å²) in [4.78, 5) is 2.00. The van der Waals surface area contributed by atoms with Gasteiger partial charge in [-0.2, -0.15) is 0 Å². The molecular formula is C17H18FNOS. The van der Waals surface area contributed by atoms with Gasteiger partial charge in [0.25, 0.3) is 0 Å². The number of methoxy groups -OCH3 is 1. The van der Waals surface area contributed by atoms with Crippen molar-refractivity contribution in [2.45, 2.75) is 35.2 Å². The number of hydrogen-bond acceptors (Lipinski definition) is 3. The van der Waals surface area contributed by atoms with E-state index in [1.54, 1.807) is 31.0 Å². The predicted molar refractivity (Wildman–Crippen MR) is 83.4 cm³/mol. The number of rotatable bonds is 6. The van der Waals surface area contributed by atoms with E-state index in [-0.39, 0.29) is 5.82 Å². The quantitative estimate of drug-likeness (QED) is 0.862. The van der Waals surface area contributed by atoms with Crippen molar-refractivity contribution in [1.29, 1.82) is 0 Å². The molecule has 0 aromatic heterocycles. The van der Waals surface area contributed by atoms with E-state index >= 15 is 0 Å². The highest BCUT2D eigenvalue weighted by Gasteiger charge is 2.20. The summed E-state index contributed by atoms with van der Waals surface area (Å²) in [5, 5.41) is 3.41. The lowest BCUT2D eigenvalue weighted by Crippen LogP contribution is -2.15. The van der Waals surface area contributed by atoms with Crippen LogP contribution in [0.4, 0.5) is 4.39 Å². The Bertz CT molecular complexity index is 611. The van der Waals surface area contributed by atoms with Crippen LogP contribution in [0.5, 0.6) is 5.75 Å². The molecule has 3 rings (SSSR count). The van der Waals surface area contributed by atoms with Crippen molar-refractivity contribution in [2.24, 2.45) is 0 Å². The molecule has 0 saturated heterocycles. The van der Waals surface area contributed by atoms with Gasteiger partial charge in [-0.05, 0) is 60.9 Å². The lowest BCUT2D eigenvalue weighted by atomic mass is 10.2. The fourth-order valence-corrected chi connectivity index (χ4v) is 3.04. The van der Waals surface area contributed by atoms with Crippen LogP contribution in [0.2, 0.25) is 0 Å². The molecule has 110 valence electrons. The molecule has 2 aromatic rings. The fourth-order valence-electron chi connectivity index (χ4n) is 2.11. The van der Waals surface area contributed by atoms with Crippen molar-refractivity contribution in [1.82, 2.24) is 5.32 Å². The Morgan fingerprint density at radius 3 is 2.57 bits per heavy atom. The minimum Gasteiger partial charge on any atom is -0.497 e. The van der Waals surface area contributed by atoms with Crippen LogP contribution >= 0.6 is 11.8 Å². The summed E-state index contributed by atoms with van der Waals surface area (Å²) in [5.41, 5.74) is 0.998. The molecule has 0 atom stereocenters. The van der Waals surface area contributed by atoms with Crippen LogP contribution in [0.15, 0.2) is 52.3 Å². The van der Waals surface area contributed by atoms with Crippen LogP contribution in [0.25, 0.3) is 0 Å². The predicted octanol–water partition coefficient (Wildman–Crippen LogP) is 4.24. The summed E-state index contributed by atoms with van der Waals surface area (Å²) in [7, 11) is 1.65. The van der Waals surface area contributed by atoms with Gasteiger partial charge in [-0.3, -0.25) is 0 Å². The van der Waals surface area contributed by atoms with Crippen molar-refractivity contribution in [3.8, 4) is 5.75 Å². The summed E-state index contributed by atoms with van der Waals surface area (Å²) in [6.45, 7) is 0.735. The van der Waals surface area contributed by atoms with Crippen molar-refractivity contribution in [3.05, 3.63) is 53.8 Å². The van der Waals surface area contributed by atoms with Gasteiger partial charge in [0.15, 0.2) is 0 Å². The molecule has 1 aliphatic carbocycles. The van der Waals surface area contributed by atoms with E-state index in [0.717, 1.165) is 27.6 Å². The van der Waals surface area contributed by atoms with Crippen LogP contribution in [-0.4, -0.2) is 13.2 Å². The third-order valence-electron chi connectivity index (χ3n) is 3.40. The van der Waals surface area contributed by atoms with E-state index in [1.807, 2.05) is 30.3 Å². The molecule has 2 nitrogen and oxygen atoms in total. The van der Waals surface area contributed by atoms with E-state index < -0.39 is 0 Å². The Morgan fingerprint density at radius 2 is 1.90 bits per heavy atom. The van der Waals surface area contributed by atoms with E-state index in [4.69, 9.17) is 4.74 Å². The molecule has 2 aromatic carbocycles. The average molecular weight is 303 g/mol. The van der Waals surface area contributed by atoms with Gasteiger partial charge in [0.1, 0.15) is 11.6 Å². The molecule has 0 spiro atoms. The molecule has 1 N–H and O–H groups in total. The van der Waals surface area contributed by atoms with E-state index in [0.29, 0.717) is 6.04 Å².